The van der Waals surface area contributed by atoms with Crippen molar-refractivity contribution in [2.24, 2.45) is 0 Å². The van der Waals surface area contributed by atoms with Gasteiger partial charge >= 0.3 is 5.97 Å². The van der Waals surface area contributed by atoms with E-state index in [1.807, 2.05) is 12.1 Å². The Morgan fingerprint density at radius 2 is 1.65 bits per heavy atom. The summed E-state index contributed by atoms with van der Waals surface area (Å²) in [5.41, 5.74) is 1.44. The number of hydrogen-bond acceptors (Lipinski definition) is 4. The Labute approximate surface area is 154 Å². The third-order valence-corrected chi connectivity index (χ3v) is 4.19. The van der Waals surface area contributed by atoms with Gasteiger partial charge in [0.15, 0.2) is 11.5 Å². The van der Waals surface area contributed by atoms with E-state index in [-0.39, 0.29) is 5.56 Å². The van der Waals surface area contributed by atoms with Crippen molar-refractivity contribution in [3.8, 4) is 17.2 Å². The molecule has 0 unspecified atom stereocenters. The average Bonchev–Trinajstić information content (AvgIpc) is 2.67. The minimum absolute atomic E-state index is 0.269. The first-order chi connectivity index (χ1) is 12.7. The molecule has 0 bridgehead atoms. The maximum atomic E-state index is 10.8. The fourth-order valence-corrected chi connectivity index (χ4v) is 2.81. The lowest BCUT2D eigenvalue weighted by Gasteiger charge is -2.12. The number of unbranched alkanes of at least 4 members (excludes halogenated alkanes) is 3. The van der Waals surface area contributed by atoms with E-state index >= 15 is 0 Å². The van der Waals surface area contributed by atoms with Gasteiger partial charge in [-0.15, -0.1) is 0 Å². The van der Waals surface area contributed by atoms with Crippen LogP contribution in [-0.2, 0) is 6.42 Å². The number of benzene rings is 2. The molecule has 2 rings (SSSR count). The van der Waals surface area contributed by atoms with Crippen LogP contribution in [0.25, 0.3) is 0 Å². The van der Waals surface area contributed by atoms with E-state index in [4.69, 9.17) is 19.3 Å². The highest BCUT2D eigenvalue weighted by molar-refractivity contribution is 5.87. The van der Waals surface area contributed by atoms with Crippen LogP contribution in [0.15, 0.2) is 42.5 Å². The lowest BCUT2D eigenvalue weighted by atomic mass is 10.0. The first kappa shape index (κ1) is 19.6. The van der Waals surface area contributed by atoms with Crippen LogP contribution in [0.1, 0.15) is 41.6 Å². The zero-order valence-corrected chi connectivity index (χ0v) is 15.4. The van der Waals surface area contributed by atoms with Gasteiger partial charge in [-0.1, -0.05) is 25.0 Å². The van der Waals surface area contributed by atoms with E-state index in [1.165, 1.54) is 5.56 Å². The second-order valence-electron chi connectivity index (χ2n) is 5.99. The summed E-state index contributed by atoms with van der Waals surface area (Å²) in [5, 5.41) is 8.86. The van der Waals surface area contributed by atoms with Gasteiger partial charge < -0.3 is 19.3 Å². The Hall–Kier alpha value is -2.69. The normalized spacial score (nSPS) is 10.4. The first-order valence-corrected chi connectivity index (χ1v) is 8.81. The number of hydrogen-bond donors (Lipinski definition) is 1. The molecule has 0 radical (unpaired) electrons. The van der Waals surface area contributed by atoms with Crippen LogP contribution in [-0.4, -0.2) is 31.9 Å². The number of carboxylic acids is 1. The molecule has 0 fully saturated rings. The maximum Gasteiger partial charge on any atom is 0.335 e. The summed E-state index contributed by atoms with van der Waals surface area (Å²) in [6, 6.07) is 12.5. The molecule has 0 aliphatic heterocycles. The van der Waals surface area contributed by atoms with Crippen LogP contribution in [0.4, 0.5) is 0 Å². The van der Waals surface area contributed by atoms with Gasteiger partial charge in [0, 0.05) is 0 Å². The van der Waals surface area contributed by atoms with Crippen LogP contribution in [0.5, 0.6) is 17.2 Å². The van der Waals surface area contributed by atoms with Crippen molar-refractivity contribution in [2.45, 2.75) is 32.1 Å². The standard InChI is InChI=1S/C21H26O5/c1-24-19-10-7-9-16(20(19)25-2)8-5-3-4-6-15-26-18-13-11-17(12-14-18)21(22)23/h7,9-14H,3-6,8,15H2,1-2H3,(H,22,23). The van der Waals surface area contributed by atoms with Crippen LogP contribution in [0.3, 0.4) is 0 Å². The molecular weight excluding hydrogens is 332 g/mol. The smallest absolute Gasteiger partial charge is 0.335 e. The molecule has 5 heteroatoms. The fourth-order valence-electron chi connectivity index (χ4n) is 2.81. The van der Waals surface area contributed by atoms with Crippen molar-refractivity contribution in [1.29, 1.82) is 0 Å². The molecule has 2 aromatic rings. The highest BCUT2D eigenvalue weighted by Gasteiger charge is 2.08. The molecule has 0 aliphatic rings. The Morgan fingerprint density at radius 1 is 0.923 bits per heavy atom. The topological polar surface area (TPSA) is 65.0 Å². The fraction of sp³-hybridized carbons (Fsp3) is 0.381. The molecule has 2 aromatic carbocycles. The van der Waals surface area contributed by atoms with Gasteiger partial charge in [-0.2, -0.15) is 0 Å². The molecule has 0 aromatic heterocycles. The summed E-state index contributed by atoms with van der Waals surface area (Å²) in [4.78, 5) is 10.8. The average molecular weight is 358 g/mol. The third-order valence-electron chi connectivity index (χ3n) is 4.19. The highest BCUT2D eigenvalue weighted by Crippen LogP contribution is 2.31. The summed E-state index contributed by atoms with van der Waals surface area (Å²) >= 11 is 0. The van der Waals surface area contributed by atoms with Gasteiger partial charge in [-0.3, -0.25) is 0 Å². The molecule has 0 amide bonds. The van der Waals surface area contributed by atoms with E-state index in [9.17, 15) is 4.79 Å². The van der Waals surface area contributed by atoms with Crippen molar-refractivity contribution in [3.63, 3.8) is 0 Å². The molecule has 0 saturated heterocycles. The Bertz CT molecular complexity index is 694. The summed E-state index contributed by atoms with van der Waals surface area (Å²) in [7, 11) is 3.32. The SMILES string of the molecule is COc1cccc(CCCCCCOc2ccc(C(=O)O)cc2)c1OC. The Morgan fingerprint density at radius 3 is 2.31 bits per heavy atom. The van der Waals surface area contributed by atoms with Gasteiger partial charge in [0.05, 0.1) is 26.4 Å². The second kappa shape index (κ2) is 10.3. The predicted octanol–water partition coefficient (Wildman–Crippen LogP) is 4.58. The van der Waals surface area contributed by atoms with E-state index in [1.54, 1.807) is 38.5 Å². The molecule has 5 nitrogen and oxygen atoms in total. The number of carbonyl (C=O) groups is 1. The van der Waals surface area contributed by atoms with Gasteiger partial charge in [0.25, 0.3) is 0 Å². The van der Waals surface area contributed by atoms with E-state index in [0.29, 0.717) is 12.4 Å². The molecule has 26 heavy (non-hydrogen) atoms. The summed E-state index contributed by atoms with van der Waals surface area (Å²) in [6.07, 6.45) is 5.20. The van der Waals surface area contributed by atoms with Gasteiger partial charge in [-0.05, 0) is 55.2 Å². The van der Waals surface area contributed by atoms with Gasteiger partial charge in [-0.25, -0.2) is 4.79 Å². The van der Waals surface area contributed by atoms with Crippen molar-refractivity contribution in [1.82, 2.24) is 0 Å². The number of para-hydroxylation sites is 1. The van der Waals surface area contributed by atoms with Gasteiger partial charge in [0.2, 0.25) is 0 Å². The van der Waals surface area contributed by atoms with E-state index in [2.05, 4.69) is 6.07 Å². The van der Waals surface area contributed by atoms with Crippen LogP contribution >= 0.6 is 0 Å². The molecule has 0 saturated carbocycles. The second-order valence-corrected chi connectivity index (χ2v) is 5.99. The molecule has 1 N–H and O–H groups in total. The molecule has 0 spiro atoms. The zero-order valence-electron chi connectivity index (χ0n) is 15.4. The summed E-state index contributed by atoms with van der Waals surface area (Å²) in [5.74, 6) is 1.37. The van der Waals surface area contributed by atoms with Crippen molar-refractivity contribution in [2.75, 3.05) is 20.8 Å². The van der Waals surface area contributed by atoms with Crippen molar-refractivity contribution in [3.05, 3.63) is 53.6 Å². The molecule has 0 atom stereocenters. The van der Waals surface area contributed by atoms with Crippen molar-refractivity contribution < 1.29 is 24.1 Å². The highest BCUT2D eigenvalue weighted by atomic mass is 16.5. The number of rotatable bonds is 11. The predicted molar refractivity (Wildman–Crippen MR) is 101 cm³/mol. The lowest BCUT2D eigenvalue weighted by molar-refractivity contribution is 0.0697. The largest absolute Gasteiger partial charge is 0.494 e. The maximum absolute atomic E-state index is 10.8. The van der Waals surface area contributed by atoms with Crippen molar-refractivity contribution >= 4 is 5.97 Å². The number of aromatic carboxylic acids is 1. The van der Waals surface area contributed by atoms with Crippen LogP contribution in [0, 0.1) is 0 Å². The number of ether oxygens (including phenoxy) is 3. The number of methoxy groups -OCH3 is 2. The zero-order chi connectivity index (χ0) is 18.8. The van der Waals surface area contributed by atoms with Gasteiger partial charge in [0.1, 0.15) is 5.75 Å². The molecular formula is C21H26O5. The third kappa shape index (κ3) is 5.69. The van der Waals surface area contributed by atoms with E-state index < -0.39 is 5.97 Å². The molecule has 140 valence electrons. The number of aryl methyl sites for hydroxylation is 1. The monoisotopic (exact) mass is 358 g/mol. The Balaban J connectivity index is 1.65. The lowest BCUT2D eigenvalue weighted by Crippen LogP contribution is -1.99. The molecule has 0 aliphatic carbocycles. The van der Waals surface area contributed by atoms with E-state index in [0.717, 1.165) is 43.6 Å². The van der Waals surface area contributed by atoms with Crippen LogP contribution < -0.4 is 14.2 Å². The minimum atomic E-state index is -0.927. The summed E-state index contributed by atoms with van der Waals surface area (Å²) < 4.78 is 16.4. The number of carboxylic acid groups (broad SMARTS) is 1. The van der Waals surface area contributed by atoms with Crippen LogP contribution in [0.2, 0.25) is 0 Å². The Kier molecular flexibility index (Phi) is 7.80. The quantitative estimate of drug-likeness (QED) is 0.596. The first-order valence-electron chi connectivity index (χ1n) is 8.81. The molecule has 0 heterocycles. The summed E-state index contributed by atoms with van der Waals surface area (Å²) in [6.45, 7) is 0.634. The minimum Gasteiger partial charge on any atom is -0.494 e.